The summed E-state index contributed by atoms with van der Waals surface area (Å²) >= 11 is 0. The normalized spacial score (nSPS) is 11.7. The first-order valence-electron chi connectivity index (χ1n) is 16.1. The van der Waals surface area contributed by atoms with Gasteiger partial charge in [-0.25, -0.2) is 0 Å². The van der Waals surface area contributed by atoms with Crippen LogP contribution in [0.15, 0.2) is 97.1 Å². The number of methoxy groups -OCH3 is 2. The molecule has 0 heterocycles. The van der Waals surface area contributed by atoms with Gasteiger partial charge >= 0.3 is 0 Å². The zero-order valence-electron chi connectivity index (χ0n) is 26.3. The summed E-state index contributed by atoms with van der Waals surface area (Å²) in [6.45, 7) is 4.58. The Morgan fingerprint density at radius 3 is 1.27 bits per heavy atom. The Morgan fingerprint density at radius 1 is 0.455 bits per heavy atom. The highest BCUT2D eigenvalue weighted by molar-refractivity contribution is 6.28. The zero-order chi connectivity index (χ0) is 30.2. The summed E-state index contributed by atoms with van der Waals surface area (Å²) in [5, 5.41) is 5.47. The second-order valence-corrected chi connectivity index (χ2v) is 12.0. The van der Waals surface area contributed by atoms with Crippen LogP contribution in [0.1, 0.15) is 50.7 Å². The molecule has 0 fully saturated rings. The summed E-state index contributed by atoms with van der Waals surface area (Å²) in [5.74, 6) is 1.76. The molecular formula is C42H40O2. The fraction of sp³-hybridized carbons (Fsp3) is 0.238. The van der Waals surface area contributed by atoms with E-state index in [-0.39, 0.29) is 0 Å². The molecule has 2 nitrogen and oxygen atoms in total. The summed E-state index contributed by atoms with van der Waals surface area (Å²) in [6.07, 6.45) is 6.77. The monoisotopic (exact) mass is 576 g/mol. The van der Waals surface area contributed by atoms with Crippen LogP contribution in [0.5, 0.6) is 11.5 Å². The van der Waals surface area contributed by atoms with Gasteiger partial charge in [0.15, 0.2) is 0 Å². The number of fused-ring (bicyclic) bond motifs is 4. The second kappa shape index (κ2) is 11.8. The minimum Gasteiger partial charge on any atom is -0.497 e. The molecule has 1 aliphatic rings. The van der Waals surface area contributed by atoms with E-state index in [1.165, 1.54) is 77.2 Å². The zero-order valence-corrected chi connectivity index (χ0v) is 26.3. The smallest absolute Gasteiger partial charge is 0.118 e. The van der Waals surface area contributed by atoms with Crippen molar-refractivity contribution in [2.45, 2.75) is 52.4 Å². The van der Waals surface area contributed by atoms with E-state index < -0.39 is 0 Å². The van der Waals surface area contributed by atoms with Crippen LogP contribution in [-0.2, 0) is 12.8 Å². The average Bonchev–Trinajstić information content (AvgIpc) is 3.41. The first kappa shape index (κ1) is 28.2. The molecule has 6 aromatic carbocycles. The highest BCUT2D eigenvalue weighted by atomic mass is 16.5. The highest BCUT2D eigenvalue weighted by Gasteiger charge is 2.32. The minimum atomic E-state index is 0.879. The molecule has 0 saturated heterocycles. The Balaban J connectivity index is 1.72. The first-order chi connectivity index (χ1) is 21.7. The molecule has 0 radical (unpaired) electrons. The van der Waals surface area contributed by atoms with Crippen LogP contribution in [0.3, 0.4) is 0 Å². The predicted molar refractivity (Wildman–Crippen MR) is 187 cm³/mol. The van der Waals surface area contributed by atoms with Crippen molar-refractivity contribution in [1.29, 1.82) is 0 Å². The Bertz CT molecular complexity index is 1840. The van der Waals surface area contributed by atoms with Crippen LogP contribution in [0.2, 0.25) is 0 Å². The quantitative estimate of drug-likeness (QED) is 0.161. The number of rotatable bonds is 10. The third kappa shape index (κ3) is 4.56. The Hall–Kier alpha value is -4.56. The third-order valence-corrected chi connectivity index (χ3v) is 9.43. The number of unbranched alkanes of at least 4 members (excludes halogenated alkanes) is 2. The molecule has 44 heavy (non-hydrogen) atoms. The number of benzene rings is 6. The van der Waals surface area contributed by atoms with E-state index >= 15 is 0 Å². The molecule has 0 spiro atoms. The fourth-order valence-corrected chi connectivity index (χ4v) is 7.30. The number of hydrogen-bond donors (Lipinski definition) is 0. The van der Waals surface area contributed by atoms with Crippen molar-refractivity contribution in [3.05, 3.63) is 108 Å². The first-order valence-corrected chi connectivity index (χ1v) is 16.1. The Morgan fingerprint density at radius 2 is 0.886 bits per heavy atom. The lowest BCUT2D eigenvalue weighted by Crippen LogP contribution is -2.01. The van der Waals surface area contributed by atoms with Crippen LogP contribution >= 0.6 is 0 Å². The van der Waals surface area contributed by atoms with E-state index in [4.69, 9.17) is 9.47 Å². The van der Waals surface area contributed by atoms with Crippen molar-refractivity contribution in [3.63, 3.8) is 0 Å². The van der Waals surface area contributed by atoms with E-state index in [0.29, 0.717) is 0 Å². The topological polar surface area (TPSA) is 18.5 Å². The van der Waals surface area contributed by atoms with Crippen molar-refractivity contribution >= 4 is 21.5 Å². The summed E-state index contributed by atoms with van der Waals surface area (Å²) < 4.78 is 11.2. The third-order valence-electron chi connectivity index (χ3n) is 9.43. The standard InChI is InChI=1S/C42H40O2/c1-5-7-11-28-17-18-29(12-8-6-2)38-37(28)39(30-19-23-32(43-3)24-20-30)41-34-15-9-13-27-14-10-16-35(36(27)34)42(41)40(38)31-21-25-33(44-4)26-22-31/h9-10,13-26H,5-8,11-12H2,1-4H3. The molecule has 2 heteroatoms. The lowest BCUT2D eigenvalue weighted by Gasteiger charge is -2.25. The van der Waals surface area contributed by atoms with E-state index in [9.17, 15) is 0 Å². The Labute approximate surface area is 261 Å². The summed E-state index contributed by atoms with van der Waals surface area (Å²) in [4.78, 5) is 0. The van der Waals surface area contributed by atoms with E-state index in [1.807, 2.05) is 0 Å². The molecular weight excluding hydrogens is 536 g/mol. The van der Waals surface area contributed by atoms with Gasteiger partial charge in [-0.1, -0.05) is 99.5 Å². The minimum absolute atomic E-state index is 0.879. The van der Waals surface area contributed by atoms with Crippen molar-refractivity contribution < 1.29 is 9.47 Å². The van der Waals surface area contributed by atoms with Crippen molar-refractivity contribution in [2.75, 3.05) is 14.2 Å². The van der Waals surface area contributed by atoms with E-state index in [1.54, 1.807) is 14.2 Å². The largest absolute Gasteiger partial charge is 0.497 e. The lowest BCUT2D eigenvalue weighted by atomic mass is 9.78. The second-order valence-electron chi connectivity index (χ2n) is 12.0. The molecule has 1 aliphatic carbocycles. The molecule has 220 valence electrons. The number of ether oxygens (including phenoxy) is 2. The van der Waals surface area contributed by atoms with Crippen LogP contribution in [0.25, 0.3) is 66.1 Å². The number of aryl methyl sites for hydroxylation is 2. The maximum absolute atomic E-state index is 5.61. The van der Waals surface area contributed by atoms with Gasteiger partial charge < -0.3 is 9.47 Å². The SMILES string of the molecule is CCCCc1ccc(CCCC)c2c(-c3ccc(OC)cc3)c3c(c(-c4ccc(OC)cc4)c12)-c1cccc2cccc-3c12. The van der Waals surface area contributed by atoms with Gasteiger partial charge in [0.2, 0.25) is 0 Å². The van der Waals surface area contributed by atoms with Crippen LogP contribution < -0.4 is 9.47 Å². The summed E-state index contributed by atoms with van der Waals surface area (Å²) in [5.41, 5.74) is 13.4. The van der Waals surface area contributed by atoms with Gasteiger partial charge in [-0.3, -0.25) is 0 Å². The van der Waals surface area contributed by atoms with Crippen molar-refractivity contribution in [2.24, 2.45) is 0 Å². The van der Waals surface area contributed by atoms with Gasteiger partial charge in [-0.2, -0.15) is 0 Å². The van der Waals surface area contributed by atoms with Gasteiger partial charge in [-0.15, -0.1) is 0 Å². The molecule has 0 bridgehead atoms. The van der Waals surface area contributed by atoms with E-state index in [2.05, 4.69) is 111 Å². The fourth-order valence-electron chi connectivity index (χ4n) is 7.30. The summed E-state index contributed by atoms with van der Waals surface area (Å²) in [6, 6.07) is 36.0. The average molecular weight is 577 g/mol. The maximum Gasteiger partial charge on any atom is 0.118 e. The molecule has 0 unspecified atom stereocenters. The molecule has 0 amide bonds. The molecule has 0 atom stereocenters. The van der Waals surface area contributed by atoms with Crippen LogP contribution in [-0.4, -0.2) is 14.2 Å². The molecule has 7 rings (SSSR count). The van der Waals surface area contributed by atoms with Gasteiger partial charge in [0.05, 0.1) is 14.2 Å². The van der Waals surface area contributed by atoms with E-state index in [0.717, 1.165) is 50.0 Å². The van der Waals surface area contributed by atoms with Crippen LogP contribution in [0.4, 0.5) is 0 Å². The van der Waals surface area contributed by atoms with Crippen LogP contribution in [0, 0.1) is 0 Å². The van der Waals surface area contributed by atoms with Gasteiger partial charge in [0.1, 0.15) is 11.5 Å². The lowest BCUT2D eigenvalue weighted by molar-refractivity contribution is 0.415. The molecule has 6 aromatic rings. The van der Waals surface area contributed by atoms with Crippen molar-refractivity contribution in [3.8, 4) is 56.0 Å². The summed E-state index contributed by atoms with van der Waals surface area (Å²) in [7, 11) is 3.48. The maximum atomic E-state index is 5.61. The van der Waals surface area contributed by atoms with Gasteiger partial charge in [0.25, 0.3) is 0 Å². The predicted octanol–water partition coefficient (Wildman–Crippen LogP) is 11.7. The molecule has 0 saturated carbocycles. The molecule has 0 aromatic heterocycles. The molecule has 0 aliphatic heterocycles. The van der Waals surface area contributed by atoms with Gasteiger partial charge in [-0.05, 0) is 127 Å². The highest BCUT2D eigenvalue weighted by Crippen LogP contribution is 2.58. The Kier molecular flexibility index (Phi) is 7.60. The van der Waals surface area contributed by atoms with Gasteiger partial charge in [0, 0.05) is 0 Å². The molecule has 0 N–H and O–H groups in total. The number of hydrogen-bond acceptors (Lipinski definition) is 2. The van der Waals surface area contributed by atoms with Crippen molar-refractivity contribution in [1.82, 2.24) is 0 Å².